The van der Waals surface area contributed by atoms with Gasteiger partial charge in [-0.25, -0.2) is 0 Å². The van der Waals surface area contributed by atoms with Crippen molar-refractivity contribution >= 4 is 0 Å². The van der Waals surface area contributed by atoms with E-state index in [9.17, 15) is 40.9 Å². The Kier molecular flexibility index (Phi) is 12.8. The number of rotatable bonds is 12. The third-order valence-corrected chi connectivity index (χ3v) is 7.77. The molecule has 17 nitrogen and oxygen atoms in total. The van der Waals surface area contributed by atoms with Crippen molar-refractivity contribution in [1.29, 1.82) is 0 Å². The van der Waals surface area contributed by atoms with Gasteiger partial charge in [-0.3, -0.25) is 0 Å². The summed E-state index contributed by atoms with van der Waals surface area (Å²) < 4.78 is 23.3. The second-order valence-corrected chi connectivity index (χ2v) is 10.6. The summed E-state index contributed by atoms with van der Waals surface area (Å²) in [6, 6.07) is -4.92. The van der Waals surface area contributed by atoms with Crippen molar-refractivity contribution in [3.05, 3.63) is 0 Å². The molecule has 1 unspecified atom stereocenters. The molecule has 2 aliphatic heterocycles. The molecule has 3 rings (SSSR count). The van der Waals surface area contributed by atoms with E-state index in [1.807, 2.05) is 6.92 Å². The van der Waals surface area contributed by atoms with Crippen molar-refractivity contribution in [1.82, 2.24) is 10.6 Å². The lowest BCUT2D eigenvalue weighted by atomic mass is 9.83. The van der Waals surface area contributed by atoms with Gasteiger partial charge in [0.1, 0.15) is 54.9 Å². The van der Waals surface area contributed by atoms with Gasteiger partial charge < -0.3 is 87.6 Å². The van der Waals surface area contributed by atoms with Crippen LogP contribution in [0, 0.1) is 0 Å². The summed E-state index contributed by atoms with van der Waals surface area (Å²) >= 11 is 0. The van der Waals surface area contributed by atoms with Gasteiger partial charge in [0, 0.05) is 18.6 Å². The smallest absolute Gasteiger partial charge is 0.186 e. The number of nitrogens with one attached hydrogen (secondary N) is 2. The molecule has 17 heteroatoms. The average molecular weight is 586 g/mol. The van der Waals surface area contributed by atoms with Crippen LogP contribution in [0.4, 0.5) is 0 Å². The minimum absolute atomic E-state index is 0.0672. The predicted octanol–water partition coefficient (Wildman–Crippen LogP) is -7.69. The SMILES string of the molecule is CCNC[C@H]1O[C@H](OC2[C@@H](N)C[C@@H](NC(CO)CO)[C@H](O[C@H]3O[C@H](CO)[C@@H](O)[C@H](N)[C@H]3O)[C@H]2O)[C@H](N)[C@@H](O)[C@@H]1O. The molecule has 2 heterocycles. The Morgan fingerprint density at radius 3 is 2.00 bits per heavy atom. The Morgan fingerprint density at radius 2 is 1.40 bits per heavy atom. The number of aliphatic hydroxyl groups is 8. The van der Waals surface area contributed by atoms with Gasteiger partial charge in [0.25, 0.3) is 0 Å². The molecule has 2 saturated heterocycles. The zero-order valence-electron chi connectivity index (χ0n) is 22.4. The Morgan fingerprint density at radius 1 is 0.775 bits per heavy atom. The molecule has 0 amide bonds. The molecule has 236 valence electrons. The van der Waals surface area contributed by atoms with Crippen molar-refractivity contribution in [2.24, 2.45) is 17.2 Å². The highest BCUT2D eigenvalue weighted by atomic mass is 16.7. The summed E-state index contributed by atoms with van der Waals surface area (Å²) in [6.45, 7) is 1.11. The standard InChI is InChI=1S/C23H47N5O12/c1-2-27-4-11-16(33)17(34)14(26)22(37-11)39-20-9(24)3-10(28-8(5-29)6-30)21(19(20)36)40-23-18(35)13(25)15(32)12(7-31)38-23/h8-23,27-36H,2-7,24-26H2,1H3/t9-,10+,11+,12+,13-,14+,15+,16+,17+,18+,19-,20?,21-,22+,23+/m0/s1. The number of ether oxygens (including phenoxy) is 4. The molecular formula is C23H47N5O12. The van der Waals surface area contributed by atoms with Gasteiger partial charge in [0.2, 0.25) is 0 Å². The van der Waals surface area contributed by atoms with Crippen LogP contribution in [0.2, 0.25) is 0 Å². The maximum atomic E-state index is 11.4. The molecule has 15 atom stereocenters. The largest absolute Gasteiger partial charge is 0.395 e. The normalized spacial score (nSPS) is 46.6. The van der Waals surface area contributed by atoms with E-state index in [-0.39, 0.29) is 13.0 Å². The van der Waals surface area contributed by atoms with Crippen LogP contribution in [0.25, 0.3) is 0 Å². The summed E-state index contributed by atoms with van der Waals surface area (Å²) in [5.41, 5.74) is 18.4. The molecule has 0 aromatic carbocycles. The summed E-state index contributed by atoms with van der Waals surface area (Å²) in [6.07, 6.45) is -14.4. The number of aliphatic hydroxyl groups excluding tert-OH is 8. The monoisotopic (exact) mass is 585 g/mol. The van der Waals surface area contributed by atoms with Crippen molar-refractivity contribution in [2.45, 2.75) is 111 Å². The van der Waals surface area contributed by atoms with E-state index in [0.717, 1.165) is 0 Å². The first-order valence-corrected chi connectivity index (χ1v) is 13.6. The molecule has 3 fully saturated rings. The van der Waals surface area contributed by atoms with E-state index in [1.165, 1.54) is 0 Å². The first-order valence-electron chi connectivity index (χ1n) is 13.6. The van der Waals surface area contributed by atoms with E-state index in [4.69, 9.17) is 36.1 Å². The number of hydrogen-bond acceptors (Lipinski definition) is 17. The fourth-order valence-corrected chi connectivity index (χ4v) is 5.29. The summed E-state index contributed by atoms with van der Waals surface area (Å²) in [7, 11) is 0. The third kappa shape index (κ3) is 7.44. The third-order valence-electron chi connectivity index (χ3n) is 7.77. The van der Waals surface area contributed by atoms with Crippen molar-refractivity contribution in [3.63, 3.8) is 0 Å². The van der Waals surface area contributed by atoms with Crippen molar-refractivity contribution in [2.75, 3.05) is 32.9 Å². The Hall–Kier alpha value is -0.680. The lowest BCUT2D eigenvalue weighted by Gasteiger charge is -2.49. The highest BCUT2D eigenvalue weighted by Crippen LogP contribution is 2.32. The summed E-state index contributed by atoms with van der Waals surface area (Å²) in [5.74, 6) is 0. The van der Waals surface area contributed by atoms with Gasteiger partial charge in [-0.05, 0) is 13.0 Å². The Balaban J connectivity index is 1.83. The fraction of sp³-hybridized carbons (Fsp3) is 1.00. The molecule has 0 radical (unpaired) electrons. The lowest BCUT2D eigenvalue weighted by molar-refractivity contribution is -0.320. The Labute approximate surface area is 232 Å². The van der Waals surface area contributed by atoms with Crippen LogP contribution >= 0.6 is 0 Å². The first kappa shape index (κ1) is 33.8. The van der Waals surface area contributed by atoms with Gasteiger partial charge >= 0.3 is 0 Å². The van der Waals surface area contributed by atoms with E-state index in [2.05, 4.69) is 10.6 Å². The average Bonchev–Trinajstić information content (AvgIpc) is 2.94. The molecule has 0 aromatic heterocycles. The first-order chi connectivity index (χ1) is 19.0. The number of nitrogens with two attached hydrogens (primary N) is 3. The van der Waals surface area contributed by atoms with E-state index in [0.29, 0.717) is 6.54 Å². The Bertz CT molecular complexity index is 757. The highest BCUT2D eigenvalue weighted by Gasteiger charge is 2.52. The van der Waals surface area contributed by atoms with Gasteiger partial charge in [0.05, 0.1) is 37.9 Å². The molecule has 0 aromatic rings. The van der Waals surface area contributed by atoms with Crippen molar-refractivity contribution < 1.29 is 59.8 Å². The van der Waals surface area contributed by atoms with Crippen LogP contribution < -0.4 is 27.8 Å². The van der Waals surface area contributed by atoms with Crippen LogP contribution in [0.1, 0.15) is 13.3 Å². The second-order valence-electron chi connectivity index (χ2n) is 10.6. The van der Waals surface area contributed by atoms with Crippen LogP contribution in [-0.4, -0.2) is 171 Å². The van der Waals surface area contributed by atoms with E-state index >= 15 is 0 Å². The minimum atomic E-state index is -1.55. The van der Waals surface area contributed by atoms with Gasteiger partial charge in [-0.15, -0.1) is 0 Å². The topological polar surface area (TPSA) is 301 Å². The van der Waals surface area contributed by atoms with E-state index < -0.39 is 118 Å². The highest BCUT2D eigenvalue weighted by molar-refractivity contribution is 5.03. The molecule has 16 N–H and O–H groups in total. The molecule has 1 aliphatic carbocycles. The second kappa shape index (κ2) is 15.2. The van der Waals surface area contributed by atoms with Crippen LogP contribution in [0.3, 0.4) is 0 Å². The lowest BCUT2D eigenvalue weighted by Crippen LogP contribution is -2.70. The zero-order valence-corrected chi connectivity index (χ0v) is 22.4. The van der Waals surface area contributed by atoms with Crippen LogP contribution in [0.5, 0.6) is 0 Å². The fourth-order valence-electron chi connectivity index (χ4n) is 5.29. The summed E-state index contributed by atoms with van der Waals surface area (Å²) in [4.78, 5) is 0. The maximum absolute atomic E-state index is 11.4. The molecule has 0 spiro atoms. The van der Waals surface area contributed by atoms with Crippen molar-refractivity contribution in [3.8, 4) is 0 Å². The van der Waals surface area contributed by atoms with E-state index in [1.54, 1.807) is 0 Å². The maximum Gasteiger partial charge on any atom is 0.186 e. The molecular weight excluding hydrogens is 538 g/mol. The van der Waals surface area contributed by atoms with Gasteiger partial charge in [-0.1, -0.05) is 6.92 Å². The molecule has 1 saturated carbocycles. The molecule has 3 aliphatic rings. The number of likely N-dealkylation sites (N-methyl/N-ethyl adjacent to an activating group) is 1. The van der Waals surface area contributed by atoms with Gasteiger partial charge in [0.15, 0.2) is 12.6 Å². The molecule has 40 heavy (non-hydrogen) atoms. The van der Waals surface area contributed by atoms with Crippen LogP contribution in [0.15, 0.2) is 0 Å². The molecule has 0 bridgehead atoms. The van der Waals surface area contributed by atoms with Crippen LogP contribution in [-0.2, 0) is 18.9 Å². The van der Waals surface area contributed by atoms with Gasteiger partial charge in [-0.2, -0.15) is 0 Å². The zero-order chi connectivity index (χ0) is 29.7. The summed E-state index contributed by atoms with van der Waals surface area (Å²) in [5, 5.41) is 87.9. The quantitative estimate of drug-likeness (QED) is 0.101. The minimum Gasteiger partial charge on any atom is -0.395 e. The predicted molar refractivity (Wildman–Crippen MR) is 136 cm³/mol. The number of hydrogen-bond donors (Lipinski definition) is 13.